The minimum Gasteiger partial charge on any atom is -0.379 e. The normalized spacial score (nSPS) is 14.3. The molecule has 2 nitrogen and oxygen atoms in total. The van der Waals surface area contributed by atoms with Crippen LogP contribution in [0.1, 0.15) is 53.4 Å². The smallest absolute Gasteiger partial charge is 0.152 e. The standard InChI is InChI=1S/C14H26O2/c1-12(8-6-10-13(2)15)9-7-11-14(3,4)16-5/h6,10,12H,7-9,11H2,1-5H3/b10-6+. The molecule has 0 bridgehead atoms. The van der Waals surface area contributed by atoms with E-state index in [1.165, 1.54) is 12.8 Å². The second kappa shape index (κ2) is 7.61. The van der Waals surface area contributed by atoms with E-state index in [0.29, 0.717) is 5.92 Å². The van der Waals surface area contributed by atoms with Crippen LogP contribution in [0, 0.1) is 5.92 Å². The molecule has 94 valence electrons. The first-order valence-corrected chi connectivity index (χ1v) is 6.09. The van der Waals surface area contributed by atoms with Crippen molar-refractivity contribution in [3.8, 4) is 0 Å². The SMILES string of the molecule is COC(C)(C)CCCC(C)C/C=C/C(C)=O. The van der Waals surface area contributed by atoms with Gasteiger partial charge in [0.15, 0.2) is 5.78 Å². The van der Waals surface area contributed by atoms with E-state index in [0.717, 1.165) is 12.8 Å². The summed E-state index contributed by atoms with van der Waals surface area (Å²) in [6.07, 6.45) is 8.09. The van der Waals surface area contributed by atoms with Gasteiger partial charge < -0.3 is 4.74 Å². The molecular formula is C14H26O2. The van der Waals surface area contributed by atoms with Crippen molar-refractivity contribution in [2.45, 2.75) is 59.0 Å². The van der Waals surface area contributed by atoms with E-state index in [1.807, 2.05) is 6.08 Å². The Morgan fingerprint density at radius 2 is 2.06 bits per heavy atom. The zero-order valence-corrected chi connectivity index (χ0v) is 11.4. The first-order valence-electron chi connectivity index (χ1n) is 6.09. The van der Waals surface area contributed by atoms with E-state index in [4.69, 9.17) is 4.74 Å². The Labute approximate surface area is 100 Å². The van der Waals surface area contributed by atoms with Crippen LogP contribution in [0.2, 0.25) is 0 Å². The first-order chi connectivity index (χ1) is 7.37. The summed E-state index contributed by atoms with van der Waals surface area (Å²) in [7, 11) is 1.76. The molecule has 0 aliphatic carbocycles. The number of allylic oxidation sites excluding steroid dienone is 2. The summed E-state index contributed by atoms with van der Waals surface area (Å²) >= 11 is 0. The Morgan fingerprint density at radius 3 is 2.56 bits per heavy atom. The fourth-order valence-electron chi connectivity index (χ4n) is 1.56. The molecule has 1 unspecified atom stereocenters. The monoisotopic (exact) mass is 226 g/mol. The molecule has 0 saturated carbocycles. The predicted octanol–water partition coefficient (Wildman–Crippen LogP) is 3.75. The van der Waals surface area contributed by atoms with Crippen molar-refractivity contribution >= 4 is 5.78 Å². The van der Waals surface area contributed by atoms with E-state index < -0.39 is 0 Å². The maximum Gasteiger partial charge on any atom is 0.152 e. The van der Waals surface area contributed by atoms with Gasteiger partial charge in [0.1, 0.15) is 0 Å². The zero-order valence-electron chi connectivity index (χ0n) is 11.4. The third-order valence-electron chi connectivity index (χ3n) is 2.92. The summed E-state index contributed by atoms with van der Waals surface area (Å²) in [5.74, 6) is 0.774. The van der Waals surface area contributed by atoms with Crippen molar-refractivity contribution in [3.63, 3.8) is 0 Å². The third-order valence-corrected chi connectivity index (χ3v) is 2.92. The first kappa shape index (κ1) is 15.4. The lowest BCUT2D eigenvalue weighted by Gasteiger charge is -2.23. The molecular weight excluding hydrogens is 200 g/mol. The summed E-state index contributed by atoms with van der Waals surface area (Å²) in [4.78, 5) is 10.7. The van der Waals surface area contributed by atoms with E-state index in [-0.39, 0.29) is 11.4 Å². The molecule has 0 aromatic carbocycles. The van der Waals surface area contributed by atoms with Crippen LogP contribution in [0.4, 0.5) is 0 Å². The van der Waals surface area contributed by atoms with Crippen molar-refractivity contribution < 1.29 is 9.53 Å². The van der Waals surface area contributed by atoms with Gasteiger partial charge >= 0.3 is 0 Å². The zero-order chi connectivity index (χ0) is 12.6. The number of ketones is 1. The highest BCUT2D eigenvalue weighted by atomic mass is 16.5. The fraction of sp³-hybridized carbons (Fsp3) is 0.786. The summed E-state index contributed by atoms with van der Waals surface area (Å²) in [6.45, 7) is 8.05. The lowest BCUT2D eigenvalue weighted by molar-refractivity contribution is -0.112. The minimum atomic E-state index is -0.00502. The Bertz CT molecular complexity index is 229. The molecule has 0 N–H and O–H groups in total. The van der Waals surface area contributed by atoms with Gasteiger partial charge in [0.25, 0.3) is 0 Å². The molecule has 0 aliphatic rings. The maximum atomic E-state index is 10.7. The number of hydrogen-bond acceptors (Lipinski definition) is 2. The van der Waals surface area contributed by atoms with Gasteiger partial charge in [-0.15, -0.1) is 0 Å². The van der Waals surface area contributed by atoms with Gasteiger partial charge in [-0.05, 0) is 45.6 Å². The lowest BCUT2D eigenvalue weighted by atomic mass is 9.95. The number of hydrogen-bond donors (Lipinski definition) is 0. The molecule has 0 aliphatic heterocycles. The molecule has 1 atom stereocenters. The Balaban J connectivity index is 3.66. The van der Waals surface area contributed by atoms with Crippen LogP contribution in [-0.4, -0.2) is 18.5 Å². The molecule has 0 spiro atoms. The summed E-state index contributed by atoms with van der Waals surface area (Å²) in [5, 5.41) is 0. The number of ether oxygens (including phenoxy) is 1. The average Bonchev–Trinajstić information content (AvgIpc) is 2.17. The summed E-state index contributed by atoms with van der Waals surface area (Å²) in [6, 6.07) is 0. The van der Waals surface area contributed by atoms with Gasteiger partial charge in [0.2, 0.25) is 0 Å². The van der Waals surface area contributed by atoms with Gasteiger partial charge in [-0.25, -0.2) is 0 Å². The molecule has 0 saturated heterocycles. The fourth-order valence-corrected chi connectivity index (χ4v) is 1.56. The van der Waals surface area contributed by atoms with Gasteiger partial charge in [-0.1, -0.05) is 25.8 Å². The number of carbonyl (C=O) groups excluding carboxylic acids is 1. The number of methoxy groups -OCH3 is 1. The van der Waals surface area contributed by atoms with Gasteiger partial charge in [0, 0.05) is 7.11 Å². The molecule has 16 heavy (non-hydrogen) atoms. The molecule has 0 amide bonds. The quantitative estimate of drug-likeness (QED) is 0.589. The average molecular weight is 226 g/mol. The van der Waals surface area contributed by atoms with Crippen LogP contribution < -0.4 is 0 Å². The van der Waals surface area contributed by atoms with Crippen molar-refractivity contribution in [2.24, 2.45) is 5.92 Å². The second-order valence-electron chi connectivity index (χ2n) is 5.21. The third kappa shape index (κ3) is 8.66. The van der Waals surface area contributed by atoms with E-state index in [2.05, 4.69) is 20.8 Å². The van der Waals surface area contributed by atoms with Crippen LogP contribution in [-0.2, 0) is 9.53 Å². The van der Waals surface area contributed by atoms with Crippen molar-refractivity contribution in [1.29, 1.82) is 0 Å². The number of rotatable bonds is 8. The van der Waals surface area contributed by atoms with Crippen molar-refractivity contribution in [3.05, 3.63) is 12.2 Å². The molecule has 2 heteroatoms. The van der Waals surface area contributed by atoms with Crippen molar-refractivity contribution in [1.82, 2.24) is 0 Å². The number of carbonyl (C=O) groups is 1. The van der Waals surface area contributed by atoms with E-state index in [1.54, 1.807) is 20.1 Å². The van der Waals surface area contributed by atoms with Crippen LogP contribution in [0.5, 0.6) is 0 Å². The van der Waals surface area contributed by atoms with Gasteiger partial charge in [-0.3, -0.25) is 4.79 Å². The minimum absolute atomic E-state index is 0.00502. The van der Waals surface area contributed by atoms with Crippen LogP contribution in [0.25, 0.3) is 0 Å². The second-order valence-corrected chi connectivity index (χ2v) is 5.21. The van der Waals surface area contributed by atoms with Crippen LogP contribution >= 0.6 is 0 Å². The molecule has 0 fully saturated rings. The van der Waals surface area contributed by atoms with E-state index >= 15 is 0 Å². The van der Waals surface area contributed by atoms with Crippen LogP contribution in [0.3, 0.4) is 0 Å². The summed E-state index contributed by atoms with van der Waals surface area (Å²) < 4.78 is 5.37. The van der Waals surface area contributed by atoms with Crippen LogP contribution in [0.15, 0.2) is 12.2 Å². The Morgan fingerprint density at radius 1 is 1.44 bits per heavy atom. The highest BCUT2D eigenvalue weighted by Crippen LogP contribution is 2.20. The Kier molecular flexibility index (Phi) is 7.31. The van der Waals surface area contributed by atoms with Crippen molar-refractivity contribution in [2.75, 3.05) is 7.11 Å². The molecule has 0 heterocycles. The summed E-state index contributed by atoms with van der Waals surface area (Å²) in [5.41, 5.74) is -0.00502. The molecule has 0 aromatic rings. The maximum absolute atomic E-state index is 10.7. The van der Waals surface area contributed by atoms with Gasteiger partial charge in [0.05, 0.1) is 5.60 Å². The van der Waals surface area contributed by atoms with E-state index in [9.17, 15) is 4.79 Å². The molecule has 0 radical (unpaired) electrons. The predicted molar refractivity (Wildman–Crippen MR) is 68.5 cm³/mol. The highest BCUT2D eigenvalue weighted by molar-refractivity contribution is 5.87. The largest absolute Gasteiger partial charge is 0.379 e. The Hall–Kier alpha value is -0.630. The lowest BCUT2D eigenvalue weighted by Crippen LogP contribution is -2.22. The highest BCUT2D eigenvalue weighted by Gasteiger charge is 2.15. The topological polar surface area (TPSA) is 26.3 Å². The molecule has 0 rings (SSSR count). The molecule has 0 aromatic heterocycles. The van der Waals surface area contributed by atoms with Gasteiger partial charge in [-0.2, -0.15) is 0 Å².